The van der Waals surface area contributed by atoms with E-state index in [2.05, 4.69) is 42.4 Å². The van der Waals surface area contributed by atoms with Gasteiger partial charge in [-0.25, -0.2) is 0 Å². The maximum Gasteiger partial charge on any atom is 0.0317 e. The van der Waals surface area contributed by atoms with Gasteiger partial charge < -0.3 is 5.32 Å². The van der Waals surface area contributed by atoms with Gasteiger partial charge in [-0.2, -0.15) is 0 Å². The maximum absolute atomic E-state index is 5.25. The Balaban J connectivity index is 2.62. The molecule has 1 heteroatoms. The Morgan fingerprint density at radius 2 is 2.27 bits per heavy atom. The molecule has 0 spiro atoms. The van der Waals surface area contributed by atoms with Gasteiger partial charge in [0, 0.05) is 12.5 Å². The molecule has 1 nitrogen and oxygen atoms in total. The smallest absolute Gasteiger partial charge is 0.0317 e. The van der Waals surface area contributed by atoms with Crippen LogP contribution in [-0.4, -0.2) is 7.05 Å². The van der Waals surface area contributed by atoms with Gasteiger partial charge in [0.1, 0.15) is 0 Å². The molecule has 0 fully saturated rings. The summed E-state index contributed by atoms with van der Waals surface area (Å²) in [4.78, 5) is 0. The molecule has 0 radical (unpaired) electrons. The zero-order valence-corrected chi connectivity index (χ0v) is 9.59. The van der Waals surface area contributed by atoms with Gasteiger partial charge in [-0.3, -0.25) is 0 Å². The number of nitrogens with one attached hydrogen (secondary N) is 1. The van der Waals surface area contributed by atoms with E-state index in [1.165, 1.54) is 11.1 Å². The minimum absolute atomic E-state index is 0.429. The zero-order chi connectivity index (χ0) is 11.1. The molecule has 0 aliphatic carbocycles. The molecule has 0 aliphatic rings. The summed E-state index contributed by atoms with van der Waals surface area (Å²) in [6.07, 6.45) is 8.29. The standard InChI is InChI=1S/C14H19N/c1-4-5-6-10-14(15-3)13-9-7-8-12(2)11-13/h1,7-9,11,14-15H,5-6,10H2,2-3H3. The Kier molecular flexibility index (Phi) is 4.93. The van der Waals surface area contributed by atoms with E-state index < -0.39 is 0 Å². The molecule has 80 valence electrons. The van der Waals surface area contributed by atoms with Crippen molar-refractivity contribution in [1.29, 1.82) is 0 Å². The van der Waals surface area contributed by atoms with Gasteiger partial charge in [0.25, 0.3) is 0 Å². The Bertz CT molecular complexity index is 335. The van der Waals surface area contributed by atoms with Crippen molar-refractivity contribution in [2.45, 2.75) is 32.2 Å². The lowest BCUT2D eigenvalue weighted by Gasteiger charge is -2.16. The number of aryl methyl sites for hydroxylation is 1. The van der Waals surface area contributed by atoms with Crippen molar-refractivity contribution in [3.05, 3.63) is 35.4 Å². The van der Waals surface area contributed by atoms with Crippen LogP contribution in [0, 0.1) is 19.3 Å². The number of hydrogen-bond donors (Lipinski definition) is 1. The Morgan fingerprint density at radius 1 is 1.47 bits per heavy atom. The van der Waals surface area contributed by atoms with Crippen LogP contribution in [0.1, 0.15) is 36.4 Å². The first-order chi connectivity index (χ1) is 7.27. The highest BCUT2D eigenvalue weighted by atomic mass is 14.9. The first-order valence-corrected chi connectivity index (χ1v) is 5.45. The van der Waals surface area contributed by atoms with Gasteiger partial charge in [0.05, 0.1) is 0 Å². The minimum atomic E-state index is 0.429. The maximum atomic E-state index is 5.25. The van der Waals surface area contributed by atoms with E-state index in [0.717, 1.165) is 19.3 Å². The fraction of sp³-hybridized carbons (Fsp3) is 0.429. The third-order valence-corrected chi connectivity index (χ3v) is 2.61. The van der Waals surface area contributed by atoms with Gasteiger partial charge in [-0.05, 0) is 32.4 Å². The van der Waals surface area contributed by atoms with Crippen LogP contribution in [0.25, 0.3) is 0 Å². The number of unbranched alkanes of at least 4 members (excludes halogenated alkanes) is 1. The Morgan fingerprint density at radius 3 is 2.87 bits per heavy atom. The molecule has 1 aromatic rings. The zero-order valence-electron chi connectivity index (χ0n) is 9.59. The van der Waals surface area contributed by atoms with E-state index in [0.29, 0.717) is 6.04 Å². The van der Waals surface area contributed by atoms with Crippen molar-refractivity contribution in [3.8, 4) is 12.3 Å². The van der Waals surface area contributed by atoms with E-state index in [9.17, 15) is 0 Å². The molecule has 1 unspecified atom stereocenters. The van der Waals surface area contributed by atoms with Gasteiger partial charge in [-0.15, -0.1) is 12.3 Å². The fourth-order valence-electron chi connectivity index (χ4n) is 1.77. The average Bonchev–Trinajstić information content (AvgIpc) is 2.24. The van der Waals surface area contributed by atoms with Crippen LogP contribution in [0.4, 0.5) is 0 Å². The van der Waals surface area contributed by atoms with Crippen molar-refractivity contribution >= 4 is 0 Å². The SMILES string of the molecule is C#CCCCC(NC)c1cccc(C)c1. The molecule has 0 aromatic heterocycles. The Labute approximate surface area is 92.9 Å². The van der Waals surface area contributed by atoms with Gasteiger partial charge >= 0.3 is 0 Å². The molecule has 1 atom stereocenters. The molecule has 1 aromatic carbocycles. The van der Waals surface area contributed by atoms with E-state index in [1.54, 1.807) is 0 Å². The van der Waals surface area contributed by atoms with Crippen LogP contribution in [0.15, 0.2) is 24.3 Å². The molecule has 0 bridgehead atoms. The molecule has 0 saturated heterocycles. The Hall–Kier alpha value is -1.26. The van der Waals surface area contributed by atoms with Crippen LogP contribution < -0.4 is 5.32 Å². The summed E-state index contributed by atoms with van der Waals surface area (Å²) in [5.41, 5.74) is 2.67. The first-order valence-electron chi connectivity index (χ1n) is 5.45. The lowest BCUT2D eigenvalue weighted by atomic mass is 10.00. The van der Waals surface area contributed by atoms with Crippen molar-refractivity contribution in [2.75, 3.05) is 7.05 Å². The van der Waals surface area contributed by atoms with E-state index >= 15 is 0 Å². The number of benzene rings is 1. The summed E-state index contributed by atoms with van der Waals surface area (Å²) in [5, 5.41) is 3.34. The molecule has 0 saturated carbocycles. The normalized spacial score (nSPS) is 12.1. The highest BCUT2D eigenvalue weighted by Crippen LogP contribution is 2.19. The lowest BCUT2D eigenvalue weighted by molar-refractivity contribution is 0.532. The molecule has 1 rings (SSSR count). The molecular weight excluding hydrogens is 182 g/mol. The van der Waals surface area contributed by atoms with Crippen molar-refractivity contribution in [1.82, 2.24) is 5.32 Å². The van der Waals surface area contributed by atoms with Crippen molar-refractivity contribution in [3.63, 3.8) is 0 Å². The lowest BCUT2D eigenvalue weighted by Crippen LogP contribution is -2.16. The second-order valence-electron chi connectivity index (χ2n) is 3.85. The van der Waals surface area contributed by atoms with Gasteiger partial charge in [0.2, 0.25) is 0 Å². The quantitative estimate of drug-likeness (QED) is 0.570. The van der Waals surface area contributed by atoms with Crippen LogP contribution in [0.5, 0.6) is 0 Å². The average molecular weight is 201 g/mol. The van der Waals surface area contributed by atoms with Crippen LogP contribution >= 0.6 is 0 Å². The summed E-state index contributed by atoms with van der Waals surface area (Å²) in [5.74, 6) is 2.68. The predicted octanol–water partition coefficient (Wildman–Crippen LogP) is 3.06. The highest BCUT2D eigenvalue weighted by Gasteiger charge is 2.07. The van der Waals surface area contributed by atoms with E-state index in [1.807, 2.05) is 7.05 Å². The second kappa shape index (κ2) is 6.27. The monoisotopic (exact) mass is 201 g/mol. The summed E-state index contributed by atoms with van der Waals surface area (Å²) in [7, 11) is 2.00. The van der Waals surface area contributed by atoms with Crippen LogP contribution in [0.3, 0.4) is 0 Å². The second-order valence-corrected chi connectivity index (χ2v) is 3.85. The van der Waals surface area contributed by atoms with Crippen molar-refractivity contribution < 1.29 is 0 Å². The third-order valence-electron chi connectivity index (χ3n) is 2.61. The van der Waals surface area contributed by atoms with Crippen LogP contribution in [-0.2, 0) is 0 Å². The molecule has 0 aliphatic heterocycles. The largest absolute Gasteiger partial charge is 0.313 e. The molecule has 0 amide bonds. The summed E-state index contributed by atoms with van der Waals surface area (Å²) in [6, 6.07) is 9.06. The van der Waals surface area contributed by atoms with Crippen LogP contribution in [0.2, 0.25) is 0 Å². The van der Waals surface area contributed by atoms with E-state index in [4.69, 9.17) is 6.42 Å². The predicted molar refractivity (Wildman–Crippen MR) is 65.7 cm³/mol. The third kappa shape index (κ3) is 3.77. The molecule has 15 heavy (non-hydrogen) atoms. The molecule has 0 heterocycles. The highest BCUT2D eigenvalue weighted by molar-refractivity contribution is 5.25. The van der Waals surface area contributed by atoms with Crippen molar-refractivity contribution in [2.24, 2.45) is 0 Å². The first kappa shape index (κ1) is 11.8. The molecular formula is C14H19N. The fourth-order valence-corrected chi connectivity index (χ4v) is 1.77. The summed E-state index contributed by atoms with van der Waals surface area (Å²) >= 11 is 0. The topological polar surface area (TPSA) is 12.0 Å². The van der Waals surface area contributed by atoms with Gasteiger partial charge in [-0.1, -0.05) is 29.8 Å². The van der Waals surface area contributed by atoms with E-state index in [-0.39, 0.29) is 0 Å². The van der Waals surface area contributed by atoms with Gasteiger partial charge in [0.15, 0.2) is 0 Å². The molecule has 1 N–H and O–H groups in total. The number of hydrogen-bond acceptors (Lipinski definition) is 1. The summed E-state index contributed by atoms with van der Waals surface area (Å²) in [6.45, 7) is 2.12. The minimum Gasteiger partial charge on any atom is -0.313 e. The number of rotatable bonds is 5. The summed E-state index contributed by atoms with van der Waals surface area (Å²) < 4.78 is 0. The number of terminal acetylenes is 1.